The van der Waals surface area contributed by atoms with Gasteiger partial charge in [0, 0.05) is 24.1 Å². The maximum absolute atomic E-state index is 10.3. The Kier molecular flexibility index (Phi) is 3.59. The van der Waals surface area contributed by atoms with Crippen LogP contribution in [0.1, 0.15) is 28.7 Å². The zero-order chi connectivity index (χ0) is 14.1. The Morgan fingerprint density at radius 3 is 3.10 bits per heavy atom. The van der Waals surface area contributed by atoms with E-state index in [0.717, 1.165) is 23.3 Å². The van der Waals surface area contributed by atoms with Crippen molar-refractivity contribution in [3.05, 3.63) is 52.1 Å². The van der Waals surface area contributed by atoms with Gasteiger partial charge in [0.15, 0.2) is 0 Å². The summed E-state index contributed by atoms with van der Waals surface area (Å²) in [6, 6.07) is 5.50. The van der Waals surface area contributed by atoms with Crippen molar-refractivity contribution < 1.29 is 9.84 Å². The summed E-state index contributed by atoms with van der Waals surface area (Å²) in [5, 5.41) is 11.0. The van der Waals surface area contributed by atoms with Crippen LogP contribution in [0.15, 0.2) is 24.4 Å². The van der Waals surface area contributed by atoms with Gasteiger partial charge in [-0.05, 0) is 36.2 Å². The lowest BCUT2D eigenvalue weighted by molar-refractivity contribution is 0.172. The highest BCUT2D eigenvalue weighted by Crippen LogP contribution is 2.35. The number of aliphatic hydroxyl groups excluding tert-OH is 1. The molecule has 104 valence electrons. The van der Waals surface area contributed by atoms with Crippen molar-refractivity contribution >= 4 is 11.6 Å². The Hall–Kier alpha value is -1.65. The van der Waals surface area contributed by atoms with Gasteiger partial charge in [0.25, 0.3) is 0 Å². The van der Waals surface area contributed by atoms with Gasteiger partial charge in [0.2, 0.25) is 0 Å². The molecule has 1 aromatic carbocycles. The Morgan fingerprint density at radius 2 is 2.30 bits per heavy atom. The van der Waals surface area contributed by atoms with Crippen LogP contribution in [-0.4, -0.2) is 21.7 Å². The molecule has 1 aromatic heterocycles. The van der Waals surface area contributed by atoms with Crippen LogP contribution in [0.2, 0.25) is 5.02 Å². The van der Waals surface area contributed by atoms with Gasteiger partial charge < -0.3 is 9.84 Å². The van der Waals surface area contributed by atoms with E-state index < -0.39 is 6.10 Å². The third-order valence-electron chi connectivity index (χ3n) is 3.38. The van der Waals surface area contributed by atoms with Gasteiger partial charge >= 0.3 is 0 Å². The molecule has 20 heavy (non-hydrogen) atoms. The maximum Gasteiger partial charge on any atom is 0.126 e. The van der Waals surface area contributed by atoms with E-state index in [2.05, 4.69) is 9.97 Å². The van der Waals surface area contributed by atoms with Gasteiger partial charge in [-0.15, -0.1) is 0 Å². The molecule has 1 unspecified atom stereocenters. The predicted octanol–water partition coefficient (Wildman–Crippen LogP) is 2.65. The van der Waals surface area contributed by atoms with Gasteiger partial charge in [-0.2, -0.15) is 0 Å². The van der Waals surface area contributed by atoms with E-state index in [0.29, 0.717) is 29.6 Å². The smallest absolute Gasteiger partial charge is 0.126 e. The molecular formula is C15H15ClN2O2. The monoisotopic (exact) mass is 290 g/mol. The highest BCUT2D eigenvalue weighted by molar-refractivity contribution is 6.30. The molecule has 0 fully saturated rings. The van der Waals surface area contributed by atoms with Crippen molar-refractivity contribution in [3.63, 3.8) is 0 Å². The second-order valence-electron chi connectivity index (χ2n) is 4.90. The Bertz CT molecular complexity index is 646. The van der Waals surface area contributed by atoms with Crippen LogP contribution in [0.5, 0.6) is 5.75 Å². The Labute approximate surface area is 122 Å². The van der Waals surface area contributed by atoms with Crippen molar-refractivity contribution in [1.82, 2.24) is 9.97 Å². The van der Waals surface area contributed by atoms with Gasteiger partial charge in [0.1, 0.15) is 17.7 Å². The molecule has 3 rings (SSSR count). The lowest BCUT2D eigenvalue weighted by Crippen LogP contribution is -2.06. The van der Waals surface area contributed by atoms with Crippen LogP contribution in [0.4, 0.5) is 0 Å². The first kappa shape index (κ1) is 13.3. The van der Waals surface area contributed by atoms with Crippen molar-refractivity contribution in [2.45, 2.75) is 25.9 Å². The van der Waals surface area contributed by atoms with Gasteiger partial charge in [0.05, 0.1) is 12.3 Å². The molecule has 0 amide bonds. The largest absolute Gasteiger partial charge is 0.493 e. The van der Waals surface area contributed by atoms with Crippen LogP contribution in [0.3, 0.4) is 0 Å². The van der Waals surface area contributed by atoms with Crippen molar-refractivity contribution in [2.24, 2.45) is 0 Å². The van der Waals surface area contributed by atoms with E-state index in [4.69, 9.17) is 16.3 Å². The molecule has 2 heterocycles. The minimum atomic E-state index is -0.691. The molecule has 0 saturated carbocycles. The van der Waals surface area contributed by atoms with Crippen molar-refractivity contribution in [3.8, 4) is 5.75 Å². The number of halogens is 1. The highest BCUT2D eigenvalue weighted by Gasteiger charge is 2.20. The lowest BCUT2D eigenvalue weighted by Gasteiger charge is -2.13. The summed E-state index contributed by atoms with van der Waals surface area (Å²) in [5.41, 5.74) is 2.65. The number of ether oxygens (including phenoxy) is 1. The average Bonchev–Trinajstić information content (AvgIpc) is 2.86. The summed E-state index contributed by atoms with van der Waals surface area (Å²) >= 11 is 6.12. The van der Waals surface area contributed by atoms with Crippen LogP contribution in [0.25, 0.3) is 0 Å². The Morgan fingerprint density at radius 1 is 1.45 bits per heavy atom. The molecule has 2 aromatic rings. The maximum atomic E-state index is 10.3. The van der Waals surface area contributed by atoms with Crippen molar-refractivity contribution in [2.75, 3.05) is 6.61 Å². The molecule has 1 N–H and O–H groups in total. The van der Waals surface area contributed by atoms with E-state index in [1.165, 1.54) is 0 Å². The summed E-state index contributed by atoms with van der Waals surface area (Å²) in [7, 11) is 0. The van der Waals surface area contributed by atoms with Gasteiger partial charge in [-0.1, -0.05) is 11.6 Å². The molecule has 0 saturated heterocycles. The number of fused-ring (bicyclic) bond motifs is 1. The summed E-state index contributed by atoms with van der Waals surface area (Å²) in [6.07, 6.45) is 2.26. The number of rotatable bonds is 3. The van der Waals surface area contributed by atoms with Gasteiger partial charge in [-0.25, -0.2) is 9.97 Å². The second kappa shape index (κ2) is 5.38. The first-order valence-electron chi connectivity index (χ1n) is 6.55. The van der Waals surface area contributed by atoms with Crippen LogP contribution in [0, 0.1) is 6.92 Å². The van der Waals surface area contributed by atoms with Crippen LogP contribution >= 0.6 is 11.6 Å². The molecule has 5 heteroatoms. The van der Waals surface area contributed by atoms with Crippen molar-refractivity contribution in [1.29, 1.82) is 0 Å². The molecule has 0 spiro atoms. The fourth-order valence-corrected chi connectivity index (χ4v) is 2.73. The van der Waals surface area contributed by atoms with E-state index in [1.54, 1.807) is 19.2 Å². The zero-order valence-corrected chi connectivity index (χ0v) is 11.9. The normalized spacial score (nSPS) is 14.8. The quantitative estimate of drug-likeness (QED) is 0.944. The number of aryl methyl sites for hydroxylation is 1. The molecule has 1 atom stereocenters. The summed E-state index contributed by atoms with van der Waals surface area (Å²) in [6.45, 7) is 2.47. The fraction of sp³-hybridized carbons (Fsp3) is 0.333. The highest BCUT2D eigenvalue weighted by atomic mass is 35.5. The SMILES string of the molecule is Cc1nccc(C(O)Cc2cc(Cl)cc3c2OCC3)n1. The number of hydrogen-bond acceptors (Lipinski definition) is 4. The van der Waals surface area contributed by atoms with Crippen LogP contribution in [-0.2, 0) is 12.8 Å². The molecule has 4 nitrogen and oxygen atoms in total. The van der Waals surface area contributed by atoms with E-state index >= 15 is 0 Å². The topological polar surface area (TPSA) is 55.2 Å². The third kappa shape index (κ3) is 2.62. The number of hydrogen-bond donors (Lipinski definition) is 1. The zero-order valence-electron chi connectivity index (χ0n) is 11.1. The van der Waals surface area contributed by atoms with E-state index in [-0.39, 0.29) is 0 Å². The number of aliphatic hydroxyl groups is 1. The van der Waals surface area contributed by atoms with E-state index in [1.807, 2.05) is 12.1 Å². The van der Waals surface area contributed by atoms with Gasteiger partial charge in [-0.3, -0.25) is 0 Å². The molecule has 0 aliphatic carbocycles. The van der Waals surface area contributed by atoms with E-state index in [9.17, 15) is 5.11 Å². The summed E-state index contributed by atoms with van der Waals surface area (Å²) < 4.78 is 5.64. The minimum Gasteiger partial charge on any atom is -0.493 e. The molecule has 1 aliphatic rings. The summed E-state index contributed by atoms with van der Waals surface area (Å²) in [5.74, 6) is 1.51. The third-order valence-corrected chi connectivity index (χ3v) is 3.60. The molecule has 0 radical (unpaired) electrons. The number of benzene rings is 1. The van der Waals surface area contributed by atoms with Crippen LogP contribution < -0.4 is 4.74 Å². The molecular weight excluding hydrogens is 276 g/mol. The summed E-state index contributed by atoms with van der Waals surface area (Å²) in [4.78, 5) is 8.28. The predicted molar refractivity (Wildman–Crippen MR) is 76.1 cm³/mol. The standard InChI is InChI=1S/C15H15ClN2O2/c1-9-17-4-2-13(18-9)14(19)8-11-7-12(16)6-10-3-5-20-15(10)11/h2,4,6-7,14,19H,3,5,8H2,1H3. The fourth-order valence-electron chi connectivity index (χ4n) is 2.47. The number of nitrogens with zero attached hydrogens (tertiary/aromatic N) is 2. The average molecular weight is 291 g/mol. The lowest BCUT2D eigenvalue weighted by atomic mass is 10.0. The molecule has 1 aliphatic heterocycles. The first-order chi connectivity index (χ1) is 9.63. The minimum absolute atomic E-state index is 0.430. The molecule has 0 bridgehead atoms. The number of aromatic nitrogens is 2. The second-order valence-corrected chi connectivity index (χ2v) is 5.34. The Balaban J connectivity index is 1.88. The first-order valence-corrected chi connectivity index (χ1v) is 6.93.